The summed E-state index contributed by atoms with van der Waals surface area (Å²) in [5, 5.41) is 0. The minimum atomic E-state index is 0.144. The second-order valence-corrected chi connectivity index (χ2v) is 6.19. The molecular weight excluding hydrogens is 200 g/mol. The Hall–Kier alpha value is -0.120. The molecule has 0 saturated carbocycles. The van der Waals surface area contributed by atoms with Crippen molar-refractivity contribution in [1.82, 2.24) is 4.90 Å². The maximum atomic E-state index is 6.02. The molecule has 0 aromatic carbocycles. The first-order valence-electron chi connectivity index (χ1n) is 6.34. The third kappa shape index (κ3) is 2.76. The predicted octanol–water partition coefficient (Wildman–Crippen LogP) is 1.86. The summed E-state index contributed by atoms with van der Waals surface area (Å²) in [5.74, 6) is 0. The van der Waals surface area contributed by atoms with Gasteiger partial charge < -0.3 is 10.5 Å². The second-order valence-electron chi connectivity index (χ2n) is 6.19. The summed E-state index contributed by atoms with van der Waals surface area (Å²) in [7, 11) is 2.22. The van der Waals surface area contributed by atoms with Crippen LogP contribution in [0.5, 0.6) is 0 Å². The maximum Gasteiger partial charge on any atom is 0.0484 e. The van der Waals surface area contributed by atoms with E-state index in [2.05, 4.69) is 39.6 Å². The average Bonchev–Trinajstić information content (AvgIpc) is 2.26. The molecule has 1 saturated heterocycles. The zero-order chi connectivity index (χ0) is 12.4. The van der Waals surface area contributed by atoms with Crippen LogP contribution in [0.1, 0.15) is 40.5 Å². The molecule has 1 rings (SSSR count). The van der Waals surface area contributed by atoms with Crippen molar-refractivity contribution in [3.63, 3.8) is 0 Å². The Morgan fingerprint density at radius 3 is 2.19 bits per heavy atom. The summed E-state index contributed by atoms with van der Waals surface area (Å²) >= 11 is 0. The van der Waals surface area contributed by atoms with Gasteiger partial charge in [-0.25, -0.2) is 0 Å². The maximum absolute atomic E-state index is 6.02. The van der Waals surface area contributed by atoms with E-state index in [1.54, 1.807) is 0 Å². The Morgan fingerprint density at radius 2 is 1.81 bits per heavy atom. The molecule has 1 aliphatic rings. The van der Waals surface area contributed by atoms with Crippen molar-refractivity contribution in [1.29, 1.82) is 0 Å². The molecule has 1 unspecified atom stereocenters. The van der Waals surface area contributed by atoms with Gasteiger partial charge in [0.25, 0.3) is 0 Å². The van der Waals surface area contributed by atoms with E-state index in [9.17, 15) is 0 Å². The lowest BCUT2D eigenvalue weighted by atomic mass is 9.81. The summed E-state index contributed by atoms with van der Waals surface area (Å²) < 4.78 is 5.46. The highest BCUT2D eigenvalue weighted by molar-refractivity contribution is 4.96. The van der Waals surface area contributed by atoms with Crippen LogP contribution in [0.4, 0.5) is 0 Å². The van der Waals surface area contributed by atoms with E-state index in [1.165, 1.54) is 0 Å². The lowest BCUT2D eigenvalue weighted by Gasteiger charge is -2.50. The summed E-state index contributed by atoms with van der Waals surface area (Å²) in [6.07, 6.45) is 2.11. The Bertz CT molecular complexity index is 216. The molecule has 0 bridgehead atoms. The van der Waals surface area contributed by atoms with Crippen LogP contribution in [0.15, 0.2) is 0 Å². The number of hydrogen-bond acceptors (Lipinski definition) is 3. The van der Waals surface area contributed by atoms with Gasteiger partial charge >= 0.3 is 0 Å². The van der Waals surface area contributed by atoms with Gasteiger partial charge in [-0.15, -0.1) is 0 Å². The Morgan fingerprint density at radius 1 is 1.31 bits per heavy atom. The van der Waals surface area contributed by atoms with E-state index in [0.29, 0.717) is 6.04 Å². The van der Waals surface area contributed by atoms with Gasteiger partial charge in [-0.3, -0.25) is 4.90 Å². The number of nitrogens with two attached hydrogens (primary N) is 1. The van der Waals surface area contributed by atoms with Crippen molar-refractivity contribution < 1.29 is 4.74 Å². The Labute approximate surface area is 100 Å². The normalized spacial score (nSPS) is 23.4. The molecular formula is C13H28N2O. The second kappa shape index (κ2) is 5.03. The predicted molar refractivity (Wildman–Crippen MR) is 68.5 cm³/mol. The van der Waals surface area contributed by atoms with Gasteiger partial charge in [-0.05, 0) is 32.2 Å². The van der Waals surface area contributed by atoms with Crippen LogP contribution in [-0.4, -0.2) is 43.3 Å². The van der Waals surface area contributed by atoms with E-state index < -0.39 is 0 Å². The van der Waals surface area contributed by atoms with Gasteiger partial charge in [0.1, 0.15) is 0 Å². The molecule has 2 N–H and O–H groups in total. The largest absolute Gasteiger partial charge is 0.381 e. The van der Waals surface area contributed by atoms with Crippen LogP contribution in [0, 0.1) is 5.41 Å². The SMILES string of the molecule is CC(N(C)C1(CN)CCOCC1)C(C)(C)C. The summed E-state index contributed by atoms with van der Waals surface area (Å²) in [4.78, 5) is 2.48. The fraction of sp³-hybridized carbons (Fsp3) is 1.00. The molecule has 0 aliphatic carbocycles. The topological polar surface area (TPSA) is 38.5 Å². The van der Waals surface area contributed by atoms with E-state index >= 15 is 0 Å². The highest BCUT2D eigenvalue weighted by Crippen LogP contribution is 2.33. The monoisotopic (exact) mass is 228 g/mol. The molecule has 0 spiro atoms. The van der Waals surface area contributed by atoms with Crippen LogP contribution in [-0.2, 0) is 4.74 Å². The highest BCUT2D eigenvalue weighted by Gasteiger charge is 2.40. The minimum absolute atomic E-state index is 0.144. The van der Waals surface area contributed by atoms with E-state index in [0.717, 1.165) is 32.6 Å². The molecule has 1 heterocycles. The van der Waals surface area contributed by atoms with Gasteiger partial charge in [0.2, 0.25) is 0 Å². The fourth-order valence-electron chi connectivity index (χ4n) is 2.44. The zero-order valence-electron chi connectivity index (χ0n) is 11.5. The molecule has 0 aromatic heterocycles. The summed E-state index contributed by atoms with van der Waals surface area (Å²) in [6.45, 7) is 11.6. The number of ether oxygens (including phenoxy) is 1. The van der Waals surface area contributed by atoms with Crippen LogP contribution in [0.25, 0.3) is 0 Å². The first-order chi connectivity index (χ1) is 7.33. The first-order valence-corrected chi connectivity index (χ1v) is 6.34. The number of rotatable bonds is 3. The zero-order valence-corrected chi connectivity index (χ0v) is 11.5. The molecule has 96 valence electrons. The molecule has 0 aromatic rings. The molecule has 16 heavy (non-hydrogen) atoms. The number of likely N-dealkylation sites (N-methyl/N-ethyl adjacent to an activating group) is 1. The van der Waals surface area contributed by atoms with Crippen molar-refractivity contribution in [2.75, 3.05) is 26.8 Å². The van der Waals surface area contributed by atoms with E-state index in [-0.39, 0.29) is 11.0 Å². The quantitative estimate of drug-likeness (QED) is 0.801. The number of hydrogen-bond donors (Lipinski definition) is 1. The first kappa shape index (κ1) is 13.9. The number of nitrogens with zero attached hydrogens (tertiary/aromatic N) is 1. The van der Waals surface area contributed by atoms with Crippen LogP contribution >= 0.6 is 0 Å². The van der Waals surface area contributed by atoms with Crippen molar-refractivity contribution >= 4 is 0 Å². The molecule has 1 atom stereocenters. The Kier molecular flexibility index (Phi) is 4.38. The van der Waals surface area contributed by atoms with Crippen LogP contribution in [0.2, 0.25) is 0 Å². The third-order valence-corrected chi connectivity index (χ3v) is 4.39. The van der Waals surface area contributed by atoms with Gasteiger partial charge in [0.05, 0.1) is 0 Å². The van der Waals surface area contributed by atoms with Gasteiger partial charge in [-0.2, -0.15) is 0 Å². The smallest absolute Gasteiger partial charge is 0.0484 e. The standard InChI is InChI=1S/C13H28N2O/c1-11(12(2,3)4)15(5)13(10-14)6-8-16-9-7-13/h11H,6-10,14H2,1-5H3. The molecule has 1 aliphatic heterocycles. The molecule has 0 radical (unpaired) electrons. The molecule has 1 fully saturated rings. The van der Waals surface area contributed by atoms with Crippen molar-refractivity contribution in [2.45, 2.75) is 52.1 Å². The van der Waals surface area contributed by atoms with Crippen LogP contribution in [0.3, 0.4) is 0 Å². The molecule has 3 heteroatoms. The van der Waals surface area contributed by atoms with Crippen LogP contribution < -0.4 is 5.73 Å². The van der Waals surface area contributed by atoms with E-state index in [4.69, 9.17) is 10.5 Å². The third-order valence-electron chi connectivity index (χ3n) is 4.39. The fourth-order valence-corrected chi connectivity index (χ4v) is 2.44. The minimum Gasteiger partial charge on any atom is -0.381 e. The lowest BCUT2D eigenvalue weighted by molar-refractivity contribution is -0.0467. The van der Waals surface area contributed by atoms with Gasteiger partial charge in [0, 0.05) is 31.3 Å². The van der Waals surface area contributed by atoms with Crippen molar-refractivity contribution in [3.05, 3.63) is 0 Å². The molecule has 3 nitrogen and oxygen atoms in total. The van der Waals surface area contributed by atoms with Crippen molar-refractivity contribution in [3.8, 4) is 0 Å². The summed E-state index contributed by atoms with van der Waals surface area (Å²) in [6, 6.07) is 0.522. The molecule has 0 amide bonds. The van der Waals surface area contributed by atoms with Crippen molar-refractivity contribution in [2.24, 2.45) is 11.1 Å². The summed E-state index contributed by atoms with van der Waals surface area (Å²) in [5.41, 5.74) is 6.45. The van der Waals surface area contributed by atoms with Gasteiger partial charge in [0.15, 0.2) is 0 Å². The lowest BCUT2D eigenvalue weighted by Crippen LogP contribution is -2.60. The van der Waals surface area contributed by atoms with E-state index in [1.807, 2.05) is 0 Å². The van der Waals surface area contributed by atoms with Gasteiger partial charge in [-0.1, -0.05) is 20.8 Å². The Balaban J connectivity index is 2.79. The average molecular weight is 228 g/mol. The highest BCUT2D eigenvalue weighted by atomic mass is 16.5.